The summed E-state index contributed by atoms with van der Waals surface area (Å²) in [4.78, 5) is 7.56. The van der Waals surface area contributed by atoms with E-state index in [1.807, 2.05) is 6.07 Å². The van der Waals surface area contributed by atoms with Crippen LogP contribution in [0.25, 0.3) is 22.0 Å². The summed E-state index contributed by atoms with van der Waals surface area (Å²) < 4.78 is 11.1. The smallest absolute Gasteiger partial charge is 0.231 e. The number of nitrogens with two attached hydrogens (primary N) is 1. The molecule has 156 valence electrons. The van der Waals surface area contributed by atoms with Gasteiger partial charge in [0.1, 0.15) is 0 Å². The van der Waals surface area contributed by atoms with Crippen molar-refractivity contribution in [1.29, 1.82) is 0 Å². The first-order chi connectivity index (χ1) is 14.3. The van der Waals surface area contributed by atoms with Crippen molar-refractivity contribution in [2.24, 2.45) is 5.73 Å². The number of benzene rings is 2. The second-order valence-corrected chi connectivity index (χ2v) is 8.39. The van der Waals surface area contributed by atoms with Crippen LogP contribution in [0, 0.1) is 0 Å². The molecule has 0 unspecified atom stereocenters. The molecule has 30 heavy (non-hydrogen) atoms. The average molecular weight is 424 g/mol. The van der Waals surface area contributed by atoms with Crippen molar-refractivity contribution < 1.29 is 9.47 Å². The number of halogens is 1. The lowest BCUT2D eigenvalue weighted by molar-refractivity contribution is 0.174. The Hall–Kier alpha value is -2.50. The van der Waals surface area contributed by atoms with Crippen molar-refractivity contribution in [1.82, 2.24) is 4.98 Å². The third-order valence-corrected chi connectivity index (χ3v) is 6.48. The molecule has 3 aromatic rings. The van der Waals surface area contributed by atoms with Gasteiger partial charge in [-0.05, 0) is 73.1 Å². The predicted molar refractivity (Wildman–Crippen MR) is 122 cm³/mol. The number of fused-ring (bicyclic) bond motifs is 3. The van der Waals surface area contributed by atoms with Crippen LogP contribution in [0.5, 0.6) is 11.5 Å². The summed E-state index contributed by atoms with van der Waals surface area (Å²) in [6, 6.07) is 13.1. The summed E-state index contributed by atoms with van der Waals surface area (Å²) in [5, 5.41) is 1.25. The molecule has 3 aliphatic rings. The zero-order chi connectivity index (χ0) is 19.4. The second kappa shape index (κ2) is 7.64. The van der Waals surface area contributed by atoms with E-state index in [0.29, 0.717) is 6.79 Å². The molecule has 0 amide bonds. The van der Waals surface area contributed by atoms with Crippen LogP contribution in [0.1, 0.15) is 30.5 Å². The molecule has 1 saturated heterocycles. The predicted octanol–water partition coefficient (Wildman–Crippen LogP) is 4.47. The molecule has 2 N–H and O–H groups in total. The summed E-state index contributed by atoms with van der Waals surface area (Å²) in [6.07, 6.45) is 5.74. The number of hydrogen-bond donors (Lipinski definition) is 1. The maximum atomic E-state index is 6.27. The van der Waals surface area contributed by atoms with Gasteiger partial charge in [-0.15, -0.1) is 12.4 Å². The summed E-state index contributed by atoms with van der Waals surface area (Å²) in [6.45, 7) is 2.26. The maximum absolute atomic E-state index is 6.27. The summed E-state index contributed by atoms with van der Waals surface area (Å²) >= 11 is 0. The minimum Gasteiger partial charge on any atom is -0.454 e. The number of hydrogen-bond acceptors (Lipinski definition) is 5. The fourth-order valence-electron chi connectivity index (χ4n) is 5.01. The van der Waals surface area contributed by atoms with Gasteiger partial charge in [0.2, 0.25) is 6.79 Å². The molecule has 6 heteroatoms. The van der Waals surface area contributed by atoms with Crippen LogP contribution in [-0.2, 0) is 12.8 Å². The van der Waals surface area contributed by atoms with E-state index in [2.05, 4.69) is 35.2 Å². The van der Waals surface area contributed by atoms with Crippen LogP contribution in [0.4, 0.5) is 5.69 Å². The van der Waals surface area contributed by atoms with Crippen LogP contribution in [0.15, 0.2) is 36.4 Å². The van der Waals surface area contributed by atoms with Gasteiger partial charge in [0.25, 0.3) is 0 Å². The van der Waals surface area contributed by atoms with Crippen LogP contribution in [0.3, 0.4) is 0 Å². The van der Waals surface area contributed by atoms with Gasteiger partial charge in [0.15, 0.2) is 11.5 Å². The minimum atomic E-state index is 0. The second-order valence-electron chi connectivity index (χ2n) is 8.39. The normalized spacial score (nSPS) is 19.6. The van der Waals surface area contributed by atoms with Crippen molar-refractivity contribution >= 4 is 29.0 Å². The highest BCUT2D eigenvalue weighted by Crippen LogP contribution is 2.40. The number of aryl methyl sites for hydroxylation is 1. The van der Waals surface area contributed by atoms with Crippen molar-refractivity contribution in [3.05, 3.63) is 47.7 Å². The molecule has 3 heterocycles. The molecule has 0 bridgehead atoms. The van der Waals surface area contributed by atoms with Crippen molar-refractivity contribution in [3.8, 4) is 22.6 Å². The fourth-order valence-corrected chi connectivity index (χ4v) is 5.01. The first-order valence-corrected chi connectivity index (χ1v) is 10.6. The Morgan fingerprint density at radius 1 is 0.967 bits per heavy atom. The average Bonchev–Trinajstić information content (AvgIpc) is 3.39. The van der Waals surface area contributed by atoms with Crippen LogP contribution in [0.2, 0.25) is 0 Å². The Kier molecular flexibility index (Phi) is 4.95. The van der Waals surface area contributed by atoms with Gasteiger partial charge in [-0.25, -0.2) is 0 Å². The number of anilines is 1. The lowest BCUT2D eigenvalue weighted by atomic mass is 9.91. The van der Waals surface area contributed by atoms with Crippen molar-refractivity contribution in [2.45, 2.75) is 38.1 Å². The molecule has 2 aromatic carbocycles. The van der Waals surface area contributed by atoms with Gasteiger partial charge in [0.05, 0.1) is 11.2 Å². The lowest BCUT2D eigenvalue weighted by Gasteiger charge is -2.28. The van der Waals surface area contributed by atoms with Crippen LogP contribution < -0.4 is 20.1 Å². The van der Waals surface area contributed by atoms with Crippen LogP contribution >= 0.6 is 12.4 Å². The van der Waals surface area contributed by atoms with Gasteiger partial charge in [-0.2, -0.15) is 0 Å². The van der Waals surface area contributed by atoms with Crippen molar-refractivity contribution in [3.63, 3.8) is 0 Å². The third kappa shape index (κ3) is 3.17. The minimum absolute atomic E-state index is 0. The third-order valence-electron chi connectivity index (χ3n) is 6.48. The highest BCUT2D eigenvalue weighted by Gasteiger charge is 2.27. The molecule has 2 aliphatic heterocycles. The van der Waals surface area contributed by atoms with Gasteiger partial charge < -0.3 is 20.1 Å². The molecule has 0 radical (unpaired) electrons. The Labute approximate surface area is 182 Å². The fraction of sp³-hybridized carbons (Fsp3) is 0.375. The van der Waals surface area contributed by atoms with E-state index in [1.165, 1.54) is 40.7 Å². The zero-order valence-corrected chi connectivity index (χ0v) is 17.7. The number of aromatic nitrogens is 1. The summed E-state index contributed by atoms with van der Waals surface area (Å²) in [5.74, 6) is 1.63. The topological polar surface area (TPSA) is 60.6 Å². The Morgan fingerprint density at radius 3 is 2.63 bits per heavy atom. The number of nitrogens with zero attached hydrogens (tertiary/aromatic N) is 2. The van der Waals surface area contributed by atoms with Gasteiger partial charge >= 0.3 is 0 Å². The molecular weight excluding hydrogens is 398 g/mol. The number of rotatable bonds is 2. The molecule has 1 atom stereocenters. The Morgan fingerprint density at radius 2 is 1.77 bits per heavy atom. The van der Waals surface area contributed by atoms with E-state index < -0.39 is 0 Å². The highest BCUT2D eigenvalue weighted by molar-refractivity contribution is 5.97. The highest BCUT2D eigenvalue weighted by atomic mass is 35.5. The molecule has 1 aliphatic carbocycles. The Bertz CT molecular complexity index is 1120. The molecule has 1 fully saturated rings. The summed E-state index contributed by atoms with van der Waals surface area (Å²) in [5.41, 5.74) is 13.8. The molecule has 6 rings (SSSR count). The Balaban J connectivity index is 0.00000193. The monoisotopic (exact) mass is 423 g/mol. The molecule has 0 saturated carbocycles. The van der Waals surface area contributed by atoms with Gasteiger partial charge in [-0.3, -0.25) is 4.98 Å². The first kappa shape index (κ1) is 19.5. The largest absolute Gasteiger partial charge is 0.454 e. The maximum Gasteiger partial charge on any atom is 0.231 e. The summed E-state index contributed by atoms with van der Waals surface area (Å²) in [7, 11) is 0. The van der Waals surface area contributed by atoms with E-state index in [4.69, 9.17) is 20.2 Å². The van der Waals surface area contributed by atoms with Crippen molar-refractivity contribution in [2.75, 3.05) is 24.8 Å². The molecule has 0 spiro atoms. The number of pyridine rings is 1. The standard InChI is InChI=1S/C24H25N3O2.ClH/c25-17-9-10-27(13-17)24-18-3-1-2-4-20(18)26-21-7-5-15(11-19(21)24)16-6-8-22-23(12-16)29-14-28-22;/h5-8,11-12,17H,1-4,9-10,13-14,25H2;1H/t17-;/m0./s1. The SMILES string of the molecule is Cl.N[C@H]1CCN(c2c3c(nc4ccc(-c5ccc6c(c5)OCO6)cc24)CCCC3)C1. The van der Waals surface area contributed by atoms with Gasteiger partial charge in [-0.1, -0.05) is 12.1 Å². The van der Waals surface area contributed by atoms with E-state index in [1.54, 1.807) is 0 Å². The lowest BCUT2D eigenvalue weighted by Crippen LogP contribution is -2.28. The molecule has 1 aromatic heterocycles. The molecular formula is C24H26ClN3O2. The van der Waals surface area contributed by atoms with E-state index in [0.717, 1.165) is 54.9 Å². The van der Waals surface area contributed by atoms with E-state index in [-0.39, 0.29) is 18.4 Å². The van der Waals surface area contributed by atoms with Gasteiger partial charge in [0, 0.05) is 30.2 Å². The number of ether oxygens (including phenoxy) is 2. The quantitative estimate of drug-likeness (QED) is 0.659. The van der Waals surface area contributed by atoms with E-state index >= 15 is 0 Å². The first-order valence-electron chi connectivity index (χ1n) is 10.6. The van der Waals surface area contributed by atoms with Crippen LogP contribution in [-0.4, -0.2) is 30.9 Å². The molecule has 5 nitrogen and oxygen atoms in total. The zero-order valence-electron chi connectivity index (χ0n) is 16.9. The van der Waals surface area contributed by atoms with E-state index in [9.17, 15) is 0 Å².